The summed E-state index contributed by atoms with van der Waals surface area (Å²) in [6.45, 7) is 5.94. The van der Waals surface area contributed by atoms with Gasteiger partial charge < -0.3 is 19.7 Å². The minimum absolute atomic E-state index is 0.110. The van der Waals surface area contributed by atoms with Gasteiger partial charge in [0.2, 0.25) is 0 Å². The van der Waals surface area contributed by atoms with Crippen molar-refractivity contribution in [3.05, 3.63) is 66.2 Å². The number of nitrogens with one attached hydrogen (secondary N) is 1. The molecule has 0 radical (unpaired) electrons. The molecule has 0 fully saturated rings. The van der Waals surface area contributed by atoms with Gasteiger partial charge in [-0.25, -0.2) is 4.79 Å². The maximum Gasteiger partial charge on any atom is 0.407 e. The van der Waals surface area contributed by atoms with Crippen molar-refractivity contribution in [2.24, 2.45) is 5.92 Å². The smallest absolute Gasteiger partial charge is 0.407 e. The first kappa shape index (κ1) is 23.1. The summed E-state index contributed by atoms with van der Waals surface area (Å²) in [5.74, 6) is -1.24. The molecule has 1 amide bonds. The average Bonchev–Trinajstić information content (AvgIpc) is 2.72. The highest BCUT2D eigenvalue weighted by atomic mass is 31.2. The van der Waals surface area contributed by atoms with Gasteiger partial charge in [0.15, 0.2) is 5.85 Å². The molecule has 0 spiro atoms. The summed E-state index contributed by atoms with van der Waals surface area (Å²) in [5, 5.41) is 14.1. The second-order valence-electron chi connectivity index (χ2n) is 7.21. The molecular weight excluding hydrogens is 389 g/mol. The fourth-order valence-electron chi connectivity index (χ4n) is 3.05. The predicted molar refractivity (Wildman–Crippen MR) is 114 cm³/mol. The zero-order chi connectivity index (χ0) is 21.3. The monoisotopic (exact) mass is 419 g/mol. The SMILES string of the molecule is CCOP(=O)(c1ccccc1)C(O)[C@H](CC(C)C)NC(=O)OCc1ccccc1. The molecule has 3 atom stereocenters. The van der Waals surface area contributed by atoms with Gasteiger partial charge in [0.05, 0.1) is 12.6 Å². The molecule has 2 aromatic rings. The van der Waals surface area contributed by atoms with Crippen LogP contribution in [-0.2, 0) is 20.4 Å². The first-order chi connectivity index (χ1) is 13.9. The highest BCUT2D eigenvalue weighted by molar-refractivity contribution is 7.67. The van der Waals surface area contributed by atoms with Crippen LogP contribution in [0.4, 0.5) is 4.79 Å². The van der Waals surface area contributed by atoms with Gasteiger partial charge in [0, 0.05) is 5.30 Å². The second-order valence-corrected chi connectivity index (χ2v) is 9.70. The molecule has 7 heteroatoms. The van der Waals surface area contributed by atoms with Crippen molar-refractivity contribution in [2.75, 3.05) is 6.61 Å². The molecule has 29 heavy (non-hydrogen) atoms. The highest BCUT2D eigenvalue weighted by Gasteiger charge is 2.41. The Balaban J connectivity index is 2.16. The van der Waals surface area contributed by atoms with E-state index in [0.29, 0.717) is 11.7 Å². The fraction of sp³-hybridized carbons (Fsp3) is 0.409. The second kappa shape index (κ2) is 11.1. The maximum absolute atomic E-state index is 13.6. The zero-order valence-corrected chi connectivity index (χ0v) is 18.0. The summed E-state index contributed by atoms with van der Waals surface area (Å²) in [6.07, 6.45) is -0.249. The van der Waals surface area contributed by atoms with Gasteiger partial charge in [-0.1, -0.05) is 62.4 Å². The topological polar surface area (TPSA) is 84.9 Å². The quantitative estimate of drug-likeness (QED) is 0.562. The maximum atomic E-state index is 13.6. The molecule has 2 rings (SSSR count). The van der Waals surface area contributed by atoms with Crippen LogP contribution in [0.2, 0.25) is 0 Å². The van der Waals surface area contributed by atoms with E-state index in [0.717, 1.165) is 5.56 Å². The van der Waals surface area contributed by atoms with E-state index >= 15 is 0 Å². The molecule has 0 bridgehead atoms. The van der Waals surface area contributed by atoms with E-state index in [4.69, 9.17) is 9.26 Å². The molecule has 0 aromatic heterocycles. The van der Waals surface area contributed by atoms with Gasteiger partial charge in [0.25, 0.3) is 7.37 Å². The number of benzene rings is 2. The summed E-state index contributed by atoms with van der Waals surface area (Å²) in [5.41, 5.74) is 0.855. The first-order valence-electron chi connectivity index (χ1n) is 9.82. The molecule has 2 unspecified atom stereocenters. The van der Waals surface area contributed by atoms with Crippen molar-refractivity contribution in [3.63, 3.8) is 0 Å². The summed E-state index contributed by atoms with van der Waals surface area (Å²) >= 11 is 0. The third kappa shape index (κ3) is 6.70. The van der Waals surface area contributed by atoms with E-state index in [1.54, 1.807) is 37.3 Å². The molecule has 0 saturated heterocycles. The number of carbonyl (C=O) groups excluding carboxylic acids is 1. The summed E-state index contributed by atoms with van der Waals surface area (Å²) in [6, 6.07) is 17.2. The molecule has 6 nitrogen and oxygen atoms in total. The van der Waals surface area contributed by atoms with E-state index in [2.05, 4.69) is 5.32 Å². The van der Waals surface area contributed by atoms with E-state index in [9.17, 15) is 14.5 Å². The molecule has 0 aliphatic rings. The van der Waals surface area contributed by atoms with Crippen LogP contribution in [0.25, 0.3) is 0 Å². The largest absolute Gasteiger partial charge is 0.445 e. The molecular formula is C22H30NO5P. The van der Waals surface area contributed by atoms with Crippen molar-refractivity contribution in [2.45, 2.75) is 45.7 Å². The Hall–Kier alpha value is -2.14. The van der Waals surface area contributed by atoms with Crippen molar-refractivity contribution >= 4 is 18.8 Å². The van der Waals surface area contributed by atoms with Gasteiger partial charge in [-0.2, -0.15) is 0 Å². The fourth-order valence-corrected chi connectivity index (χ4v) is 5.30. The van der Waals surface area contributed by atoms with Crippen molar-refractivity contribution < 1.29 is 23.7 Å². The van der Waals surface area contributed by atoms with Crippen molar-refractivity contribution in [1.82, 2.24) is 5.32 Å². The number of alkyl carbamates (subject to hydrolysis) is 1. The lowest BCUT2D eigenvalue weighted by molar-refractivity contribution is 0.116. The lowest BCUT2D eigenvalue weighted by Gasteiger charge is -2.31. The molecule has 0 saturated carbocycles. The highest BCUT2D eigenvalue weighted by Crippen LogP contribution is 2.51. The molecule has 0 heterocycles. The van der Waals surface area contributed by atoms with Crippen LogP contribution in [-0.4, -0.2) is 29.7 Å². The van der Waals surface area contributed by atoms with Gasteiger partial charge >= 0.3 is 6.09 Å². The molecule has 2 N–H and O–H groups in total. The van der Waals surface area contributed by atoms with Crippen LogP contribution in [0.15, 0.2) is 60.7 Å². The summed E-state index contributed by atoms with van der Waals surface area (Å²) in [4.78, 5) is 12.4. The van der Waals surface area contributed by atoms with Crippen LogP contribution in [0.1, 0.15) is 32.8 Å². The van der Waals surface area contributed by atoms with E-state index in [1.165, 1.54) is 0 Å². The Labute approximate surface area is 172 Å². The Kier molecular flexibility index (Phi) is 8.90. The number of amides is 1. The first-order valence-corrected chi connectivity index (χ1v) is 11.5. The number of hydrogen-bond acceptors (Lipinski definition) is 5. The van der Waals surface area contributed by atoms with Crippen LogP contribution >= 0.6 is 7.37 Å². The van der Waals surface area contributed by atoms with Crippen molar-refractivity contribution in [1.29, 1.82) is 0 Å². The Morgan fingerprint density at radius 1 is 1.07 bits per heavy atom. The number of ether oxygens (including phenoxy) is 1. The predicted octanol–water partition coefficient (Wildman–Crippen LogP) is 4.29. The third-order valence-electron chi connectivity index (χ3n) is 4.39. The van der Waals surface area contributed by atoms with Gasteiger partial charge in [-0.15, -0.1) is 0 Å². The minimum atomic E-state index is -3.62. The third-order valence-corrected chi connectivity index (χ3v) is 7.10. The molecule has 2 aromatic carbocycles. The number of carbonyl (C=O) groups is 1. The Morgan fingerprint density at radius 2 is 1.66 bits per heavy atom. The van der Waals surface area contributed by atoms with Crippen molar-refractivity contribution in [3.8, 4) is 0 Å². The molecule has 0 aliphatic heterocycles. The zero-order valence-electron chi connectivity index (χ0n) is 17.2. The van der Waals surface area contributed by atoms with Crippen LogP contribution in [0.5, 0.6) is 0 Å². The number of aliphatic hydroxyl groups excluding tert-OH is 1. The van der Waals surface area contributed by atoms with E-state index in [-0.39, 0.29) is 19.1 Å². The van der Waals surface area contributed by atoms with Gasteiger partial charge in [-0.05, 0) is 37.0 Å². The Morgan fingerprint density at radius 3 is 2.21 bits per heavy atom. The Bertz CT molecular complexity index is 797. The lowest BCUT2D eigenvalue weighted by Crippen LogP contribution is -2.45. The average molecular weight is 419 g/mol. The van der Waals surface area contributed by atoms with Crippen LogP contribution in [0, 0.1) is 5.92 Å². The standard InChI is InChI=1S/C22H30NO5P/c1-4-28-29(26,19-13-9-6-10-14-19)21(24)20(15-17(2)3)23-22(25)27-16-18-11-7-5-8-12-18/h5-14,17,20-21,24H,4,15-16H2,1-3H3,(H,23,25)/t20-,21?,29?/m0/s1. The van der Waals surface area contributed by atoms with E-state index < -0.39 is 25.3 Å². The molecule has 158 valence electrons. The number of hydrogen-bond donors (Lipinski definition) is 2. The van der Waals surface area contributed by atoms with Gasteiger partial charge in [-0.3, -0.25) is 4.57 Å². The van der Waals surface area contributed by atoms with Crippen LogP contribution in [0.3, 0.4) is 0 Å². The van der Waals surface area contributed by atoms with E-state index in [1.807, 2.05) is 44.2 Å². The summed E-state index contributed by atoms with van der Waals surface area (Å²) in [7, 11) is -3.62. The minimum Gasteiger partial charge on any atom is -0.445 e. The van der Waals surface area contributed by atoms with Crippen LogP contribution < -0.4 is 10.6 Å². The number of rotatable bonds is 10. The summed E-state index contributed by atoms with van der Waals surface area (Å²) < 4.78 is 24.5. The normalized spacial score (nSPS) is 15.3. The lowest BCUT2D eigenvalue weighted by atomic mass is 10.0. The molecule has 0 aliphatic carbocycles. The number of aliphatic hydroxyl groups is 1. The van der Waals surface area contributed by atoms with Gasteiger partial charge in [0.1, 0.15) is 6.61 Å².